The second-order valence-corrected chi connectivity index (χ2v) is 4.98. The van der Waals surface area contributed by atoms with Gasteiger partial charge in [0.25, 0.3) is 10.1 Å². The Morgan fingerprint density at radius 3 is 2.65 bits per heavy atom. The molecule has 17 heavy (non-hydrogen) atoms. The van der Waals surface area contributed by atoms with Crippen LogP contribution >= 0.6 is 0 Å². The number of benzene rings is 1. The maximum absolute atomic E-state index is 11.0. The second kappa shape index (κ2) is 3.80. The van der Waals surface area contributed by atoms with E-state index in [2.05, 4.69) is 4.98 Å². The largest absolute Gasteiger partial charge is 0.294 e. The van der Waals surface area contributed by atoms with E-state index in [4.69, 9.17) is 9.81 Å². The molecule has 6 heteroatoms. The van der Waals surface area contributed by atoms with Crippen molar-refractivity contribution in [2.24, 2.45) is 0 Å². The van der Waals surface area contributed by atoms with Gasteiger partial charge in [-0.3, -0.25) is 9.54 Å². The average molecular weight is 248 g/mol. The van der Waals surface area contributed by atoms with E-state index in [0.29, 0.717) is 22.2 Å². The minimum atomic E-state index is -4.23. The number of nitriles is 1. The SMILES string of the molecule is Cc1nc2ccc(S(=O)(=O)O)cc2cc1C#N. The summed E-state index contributed by atoms with van der Waals surface area (Å²) in [5.41, 5.74) is 1.54. The fourth-order valence-electron chi connectivity index (χ4n) is 1.52. The number of nitrogens with zero attached hydrogens (tertiary/aromatic N) is 2. The van der Waals surface area contributed by atoms with Gasteiger partial charge in [-0.1, -0.05) is 0 Å². The predicted molar refractivity (Wildman–Crippen MR) is 61.0 cm³/mol. The average Bonchev–Trinajstić information content (AvgIpc) is 2.26. The molecule has 1 heterocycles. The van der Waals surface area contributed by atoms with Crippen molar-refractivity contribution in [3.63, 3.8) is 0 Å². The highest BCUT2D eigenvalue weighted by molar-refractivity contribution is 7.85. The summed E-state index contributed by atoms with van der Waals surface area (Å²) >= 11 is 0. The lowest BCUT2D eigenvalue weighted by molar-refractivity contribution is 0.483. The molecule has 2 aromatic rings. The monoisotopic (exact) mass is 248 g/mol. The molecule has 0 saturated carbocycles. The minimum Gasteiger partial charge on any atom is -0.282 e. The summed E-state index contributed by atoms with van der Waals surface area (Å²) < 4.78 is 30.9. The highest BCUT2D eigenvalue weighted by Crippen LogP contribution is 2.20. The Kier molecular flexibility index (Phi) is 2.58. The first-order chi connectivity index (χ1) is 7.91. The van der Waals surface area contributed by atoms with Crippen LogP contribution in [0, 0.1) is 18.3 Å². The lowest BCUT2D eigenvalue weighted by atomic mass is 10.1. The molecule has 2 rings (SSSR count). The van der Waals surface area contributed by atoms with Gasteiger partial charge in [0.05, 0.1) is 21.7 Å². The van der Waals surface area contributed by atoms with Crippen LogP contribution in [0.5, 0.6) is 0 Å². The molecule has 5 nitrogen and oxygen atoms in total. The fourth-order valence-corrected chi connectivity index (χ4v) is 2.04. The van der Waals surface area contributed by atoms with Crippen LogP contribution in [0.25, 0.3) is 10.9 Å². The second-order valence-electron chi connectivity index (χ2n) is 3.56. The van der Waals surface area contributed by atoms with Gasteiger partial charge in [0, 0.05) is 5.39 Å². The summed E-state index contributed by atoms with van der Waals surface area (Å²) in [6.45, 7) is 1.70. The van der Waals surface area contributed by atoms with Gasteiger partial charge < -0.3 is 0 Å². The zero-order valence-corrected chi connectivity index (χ0v) is 9.69. The lowest BCUT2D eigenvalue weighted by Gasteiger charge is -2.03. The van der Waals surface area contributed by atoms with Crippen molar-refractivity contribution in [2.45, 2.75) is 11.8 Å². The van der Waals surface area contributed by atoms with Crippen molar-refractivity contribution in [3.8, 4) is 6.07 Å². The number of rotatable bonds is 1. The van der Waals surface area contributed by atoms with Gasteiger partial charge in [0.1, 0.15) is 6.07 Å². The molecule has 1 aromatic carbocycles. The number of fused-ring (bicyclic) bond motifs is 1. The van der Waals surface area contributed by atoms with Crippen molar-refractivity contribution in [1.82, 2.24) is 4.98 Å². The molecule has 0 bridgehead atoms. The van der Waals surface area contributed by atoms with Gasteiger partial charge in [0.15, 0.2) is 0 Å². The van der Waals surface area contributed by atoms with E-state index in [1.165, 1.54) is 18.2 Å². The highest BCUT2D eigenvalue weighted by atomic mass is 32.2. The molecular formula is C11H8N2O3S. The maximum Gasteiger partial charge on any atom is 0.294 e. The van der Waals surface area contributed by atoms with E-state index in [-0.39, 0.29) is 4.90 Å². The van der Waals surface area contributed by atoms with E-state index in [1.807, 2.05) is 6.07 Å². The van der Waals surface area contributed by atoms with Crippen LogP contribution in [0.2, 0.25) is 0 Å². The summed E-state index contributed by atoms with van der Waals surface area (Å²) in [5.74, 6) is 0. The summed E-state index contributed by atoms with van der Waals surface area (Å²) in [6.07, 6.45) is 0. The Morgan fingerprint density at radius 1 is 1.35 bits per heavy atom. The van der Waals surface area contributed by atoms with Crippen LogP contribution in [0.15, 0.2) is 29.2 Å². The summed E-state index contributed by atoms with van der Waals surface area (Å²) in [5, 5.41) is 9.35. The number of hydrogen-bond acceptors (Lipinski definition) is 4. The maximum atomic E-state index is 11.0. The summed E-state index contributed by atoms with van der Waals surface area (Å²) in [4.78, 5) is 3.96. The molecule has 0 amide bonds. The van der Waals surface area contributed by atoms with Gasteiger partial charge in [-0.2, -0.15) is 13.7 Å². The molecular weight excluding hydrogens is 240 g/mol. The first kappa shape index (κ1) is 11.5. The third kappa shape index (κ3) is 2.11. The summed E-state index contributed by atoms with van der Waals surface area (Å²) in [7, 11) is -4.23. The number of hydrogen-bond donors (Lipinski definition) is 1. The number of aryl methyl sites for hydroxylation is 1. The van der Waals surface area contributed by atoms with E-state index in [0.717, 1.165) is 0 Å². The number of pyridine rings is 1. The third-order valence-electron chi connectivity index (χ3n) is 2.40. The molecule has 0 aliphatic rings. The Balaban J connectivity index is 2.79. The first-order valence-electron chi connectivity index (χ1n) is 4.71. The molecule has 0 saturated heterocycles. The van der Waals surface area contributed by atoms with Crippen LogP contribution in [0.1, 0.15) is 11.3 Å². The van der Waals surface area contributed by atoms with Crippen LogP contribution in [-0.2, 0) is 10.1 Å². The van der Waals surface area contributed by atoms with E-state index >= 15 is 0 Å². The summed E-state index contributed by atoms with van der Waals surface area (Å²) in [6, 6.07) is 7.58. The van der Waals surface area contributed by atoms with Gasteiger partial charge in [-0.15, -0.1) is 0 Å². The quantitative estimate of drug-likeness (QED) is 0.775. The Morgan fingerprint density at radius 2 is 2.06 bits per heavy atom. The molecule has 0 aliphatic heterocycles. The number of aromatic nitrogens is 1. The Hall–Kier alpha value is -1.97. The molecule has 1 aromatic heterocycles. The topological polar surface area (TPSA) is 91.1 Å². The smallest absolute Gasteiger partial charge is 0.282 e. The van der Waals surface area contributed by atoms with Crippen molar-refractivity contribution < 1.29 is 13.0 Å². The van der Waals surface area contributed by atoms with Crippen molar-refractivity contribution in [1.29, 1.82) is 5.26 Å². The molecule has 0 atom stereocenters. The molecule has 0 spiro atoms. The third-order valence-corrected chi connectivity index (χ3v) is 3.24. The molecule has 86 valence electrons. The first-order valence-corrected chi connectivity index (χ1v) is 6.15. The van der Waals surface area contributed by atoms with E-state index in [1.54, 1.807) is 13.0 Å². The van der Waals surface area contributed by atoms with Crippen molar-refractivity contribution in [2.75, 3.05) is 0 Å². The van der Waals surface area contributed by atoms with Crippen LogP contribution in [0.4, 0.5) is 0 Å². The van der Waals surface area contributed by atoms with Crippen molar-refractivity contribution >= 4 is 21.0 Å². The molecule has 0 aliphatic carbocycles. The zero-order chi connectivity index (χ0) is 12.6. The normalized spacial score (nSPS) is 11.4. The van der Waals surface area contributed by atoms with Crippen LogP contribution in [0.3, 0.4) is 0 Å². The van der Waals surface area contributed by atoms with Gasteiger partial charge in [-0.25, -0.2) is 0 Å². The zero-order valence-electron chi connectivity index (χ0n) is 8.88. The van der Waals surface area contributed by atoms with E-state index < -0.39 is 10.1 Å². The van der Waals surface area contributed by atoms with Crippen LogP contribution < -0.4 is 0 Å². The Labute approximate surface area is 98.1 Å². The fraction of sp³-hybridized carbons (Fsp3) is 0.0909. The van der Waals surface area contributed by atoms with Crippen molar-refractivity contribution in [3.05, 3.63) is 35.5 Å². The molecule has 0 fully saturated rings. The minimum absolute atomic E-state index is 0.209. The molecule has 0 radical (unpaired) electrons. The van der Waals surface area contributed by atoms with E-state index in [9.17, 15) is 8.42 Å². The predicted octanol–water partition coefficient (Wildman–Crippen LogP) is 1.66. The standard InChI is InChI=1S/C11H8N2O3S/c1-7-9(6-12)4-8-5-10(17(14,15)16)2-3-11(8)13-7/h2-5H,1H3,(H,14,15,16). The molecule has 0 unspecified atom stereocenters. The van der Waals surface area contributed by atoms with Gasteiger partial charge >= 0.3 is 0 Å². The van der Waals surface area contributed by atoms with Crippen LogP contribution in [-0.4, -0.2) is 18.0 Å². The van der Waals surface area contributed by atoms with Gasteiger partial charge in [0.2, 0.25) is 0 Å². The highest BCUT2D eigenvalue weighted by Gasteiger charge is 2.11. The Bertz CT molecular complexity index is 745. The molecule has 1 N–H and O–H groups in total. The lowest BCUT2D eigenvalue weighted by Crippen LogP contribution is -1.98. The van der Waals surface area contributed by atoms with Gasteiger partial charge in [-0.05, 0) is 31.2 Å².